The third-order valence-electron chi connectivity index (χ3n) is 4.17. The molecule has 142 valence electrons. The number of para-hydroxylation sites is 1. The Morgan fingerprint density at radius 1 is 1.27 bits per heavy atom. The van der Waals surface area contributed by atoms with Crippen LogP contribution in [-0.4, -0.2) is 52.4 Å². The van der Waals surface area contributed by atoms with Crippen LogP contribution < -0.4 is 10.1 Å². The molecule has 0 saturated carbocycles. The zero-order valence-corrected chi connectivity index (χ0v) is 16.3. The van der Waals surface area contributed by atoms with Gasteiger partial charge in [-0.05, 0) is 25.5 Å². The monoisotopic (exact) mass is 358 g/mol. The number of nitrogens with one attached hydrogen (secondary N) is 1. The van der Waals surface area contributed by atoms with Crippen LogP contribution in [0.1, 0.15) is 31.4 Å². The van der Waals surface area contributed by atoms with Crippen molar-refractivity contribution in [2.75, 3.05) is 26.7 Å². The number of aryl methyl sites for hydroxylation is 1. The van der Waals surface area contributed by atoms with Crippen LogP contribution in [0.25, 0.3) is 0 Å². The SMILES string of the molecule is CCCCNC(=NCc1nnc(C)n1C)N(C)CCOc1ccccc1. The van der Waals surface area contributed by atoms with Crippen molar-refractivity contribution >= 4 is 5.96 Å². The summed E-state index contributed by atoms with van der Waals surface area (Å²) in [6, 6.07) is 9.85. The number of rotatable bonds is 9. The Labute approximate surface area is 156 Å². The van der Waals surface area contributed by atoms with E-state index in [1.54, 1.807) is 0 Å². The van der Waals surface area contributed by atoms with Gasteiger partial charge in [0, 0.05) is 20.6 Å². The number of unbranched alkanes of at least 4 members (excludes halogenated alkanes) is 1. The predicted octanol–water partition coefficient (Wildman–Crippen LogP) is 2.38. The molecule has 0 amide bonds. The van der Waals surface area contributed by atoms with Crippen molar-refractivity contribution in [1.82, 2.24) is 25.0 Å². The summed E-state index contributed by atoms with van der Waals surface area (Å²) in [6.45, 7) is 6.85. The summed E-state index contributed by atoms with van der Waals surface area (Å²) in [5, 5.41) is 11.7. The average molecular weight is 358 g/mol. The fourth-order valence-electron chi connectivity index (χ4n) is 2.35. The molecule has 7 heteroatoms. The summed E-state index contributed by atoms with van der Waals surface area (Å²) in [7, 11) is 3.98. The van der Waals surface area contributed by atoms with Crippen molar-refractivity contribution in [3.8, 4) is 5.75 Å². The molecule has 0 radical (unpaired) electrons. The van der Waals surface area contributed by atoms with Crippen LogP contribution in [0.3, 0.4) is 0 Å². The van der Waals surface area contributed by atoms with E-state index in [4.69, 9.17) is 9.73 Å². The maximum atomic E-state index is 5.79. The molecule has 26 heavy (non-hydrogen) atoms. The molecule has 0 aliphatic carbocycles. The van der Waals surface area contributed by atoms with Crippen LogP contribution >= 0.6 is 0 Å². The summed E-state index contributed by atoms with van der Waals surface area (Å²) >= 11 is 0. The Hall–Kier alpha value is -2.57. The Balaban J connectivity index is 1.93. The molecule has 0 aliphatic heterocycles. The van der Waals surface area contributed by atoms with Gasteiger partial charge in [0.1, 0.15) is 24.7 Å². The van der Waals surface area contributed by atoms with Crippen molar-refractivity contribution in [3.05, 3.63) is 42.0 Å². The molecule has 1 heterocycles. The number of likely N-dealkylation sites (N-methyl/N-ethyl adjacent to an activating group) is 1. The van der Waals surface area contributed by atoms with Gasteiger partial charge in [0.15, 0.2) is 11.8 Å². The molecule has 0 spiro atoms. The summed E-state index contributed by atoms with van der Waals surface area (Å²) in [5.74, 6) is 3.48. The molecular weight excluding hydrogens is 328 g/mol. The maximum absolute atomic E-state index is 5.79. The zero-order chi connectivity index (χ0) is 18.8. The molecule has 2 aromatic rings. The van der Waals surface area contributed by atoms with Gasteiger partial charge in [-0.15, -0.1) is 10.2 Å². The highest BCUT2D eigenvalue weighted by Crippen LogP contribution is 2.08. The van der Waals surface area contributed by atoms with E-state index >= 15 is 0 Å². The van der Waals surface area contributed by atoms with E-state index in [1.807, 2.05) is 55.9 Å². The van der Waals surface area contributed by atoms with E-state index in [0.29, 0.717) is 13.2 Å². The van der Waals surface area contributed by atoms with Gasteiger partial charge in [-0.2, -0.15) is 0 Å². The molecule has 0 saturated heterocycles. The van der Waals surface area contributed by atoms with Gasteiger partial charge in [0.25, 0.3) is 0 Å². The van der Waals surface area contributed by atoms with E-state index in [0.717, 1.165) is 49.3 Å². The van der Waals surface area contributed by atoms with Gasteiger partial charge in [-0.1, -0.05) is 31.5 Å². The lowest BCUT2D eigenvalue weighted by atomic mass is 10.3. The minimum Gasteiger partial charge on any atom is -0.492 e. The van der Waals surface area contributed by atoms with Crippen LogP contribution in [0.15, 0.2) is 35.3 Å². The highest BCUT2D eigenvalue weighted by molar-refractivity contribution is 5.79. The van der Waals surface area contributed by atoms with Crippen LogP contribution in [0.4, 0.5) is 0 Å². The first-order valence-corrected chi connectivity index (χ1v) is 9.14. The molecule has 0 atom stereocenters. The van der Waals surface area contributed by atoms with Crippen LogP contribution in [0.2, 0.25) is 0 Å². The Bertz CT molecular complexity index is 683. The van der Waals surface area contributed by atoms with Crippen LogP contribution in [0, 0.1) is 6.92 Å². The smallest absolute Gasteiger partial charge is 0.194 e. The molecule has 0 bridgehead atoms. The van der Waals surface area contributed by atoms with Gasteiger partial charge in [0.2, 0.25) is 0 Å². The first kappa shape index (κ1) is 19.8. The first-order chi connectivity index (χ1) is 12.6. The van der Waals surface area contributed by atoms with Crippen molar-refractivity contribution in [2.24, 2.45) is 12.0 Å². The molecule has 0 fully saturated rings. The van der Waals surface area contributed by atoms with Crippen LogP contribution in [0.5, 0.6) is 5.75 Å². The van der Waals surface area contributed by atoms with Gasteiger partial charge in [-0.3, -0.25) is 0 Å². The molecule has 1 aromatic carbocycles. The van der Waals surface area contributed by atoms with E-state index in [9.17, 15) is 0 Å². The molecule has 0 unspecified atom stereocenters. The van der Waals surface area contributed by atoms with Crippen molar-refractivity contribution in [2.45, 2.75) is 33.2 Å². The lowest BCUT2D eigenvalue weighted by Gasteiger charge is -2.22. The summed E-state index contributed by atoms with van der Waals surface area (Å²) in [4.78, 5) is 6.80. The van der Waals surface area contributed by atoms with Gasteiger partial charge < -0.3 is 19.5 Å². The topological polar surface area (TPSA) is 67.6 Å². The van der Waals surface area contributed by atoms with E-state index in [1.165, 1.54) is 0 Å². The number of guanidine groups is 1. The molecule has 2 rings (SSSR count). The Kier molecular flexibility index (Phi) is 7.92. The number of nitrogens with zero attached hydrogens (tertiary/aromatic N) is 5. The third kappa shape index (κ3) is 6.06. The Morgan fingerprint density at radius 2 is 2.04 bits per heavy atom. The minimum absolute atomic E-state index is 0.496. The minimum atomic E-state index is 0.496. The van der Waals surface area contributed by atoms with E-state index in [2.05, 4.69) is 27.3 Å². The summed E-state index contributed by atoms with van der Waals surface area (Å²) in [6.07, 6.45) is 2.25. The standard InChI is InChI=1S/C19H30N6O/c1-5-6-12-20-19(21-15-18-23-22-16(2)25(18)4)24(3)13-14-26-17-10-8-7-9-11-17/h7-11H,5-6,12-15H2,1-4H3,(H,20,21). The van der Waals surface area contributed by atoms with Crippen molar-refractivity contribution in [1.29, 1.82) is 0 Å². The number of hydrogen-bond donors (Lipinski definition) is 1. The lowest BCUT2D eigenvalue weighted by Crippen LogP contribution is -2.41. The van der Waals surface area contributed by atoms with Crippen LogP contribution in [-0.2, 0) is 13.6 Å². The van der Waals surface area contributed by atoms with Crippen molar-refractivity contribution in [3.63, 3.8) is 0 Å². The second kappa shape index (κ2) is 10.4. The van der Waals surface area contributed by atoms with Gasteiger partial charge >= 0.3 is 0 Å². The Morgan fingerprint density at radius 3 is 2.69 bits per heavy atom. The number of aliphatic imine (C=N–C) groups is 1. The highest BCUT2D eigenvalue weighted by Gasteiger charge is 2.09. The lowest BCUT2D eigenvalue weighted by molar-refractivity contribution is 0.281. The van der Waals surface area contributed by atoms with Gasteiger partial charge in [-0.25, -0.2) is 4.99 Å². The molecule has 7 nitrogen and oxygen atoms in total. The second-order valence-corrected chi connectivity index (χ2v) is 6.23. The normalized spacial score (nSPS) is 11.5. The quantitative estimate of drug-likeness (QED) is 0.423. The average Bonchev–Trinajstić information content (AvgIpc) is 2.97. The van der Waals surface area contributed by atoms with Gasteiger partial charge in [0.05, 0.1) is 6.54 Å². The third-order valence-corrected chi connectivity index (χ3v) is 4.17. The largest absolute Gasteiger partial charge is 0.492 e. The highest BCUT2D eigenvalue weighted by atomic mass is 16.5. The summed E-state index contributed by atoms with van der Waals surface area (Å²) < 4.78 is 7.75. The second-order valence-electron chi connectivity index (χ2n) is 6.23. The van der Waals surface area contributed by atoms with Crippen molar-refractivity contribution < 1.29 is 4.74 Å². The van der Waals surface area contributed by atoms with E-state index < -0.39 is 0 Å². The maximum Gasteiger partial charge on any atom is 0.194 e. The van der Waals surface area contributed by atoms with E-state index in [-0.39, 0.29) is 0 Å². The fraction of sp³-hybridized carbons (Fsp3) is 0.526. The number of aromatic nitrogens is 3. The number of hydrogen-bond acceptors (Lipinski definition) is 4. The molecular formula is C19H30N6O. The zero-order valence-electron chi connectivity index (χ0n) is 16.3. The summed E-state index contributed by atoms with van der Waals surface area (Å²) in [5.41, 5.74) is 0. The predicted molar refractivity (Wildman–Crippen MR) is 104 cm³/mol. The fourth-order valence-corrected chi connectivity index (χ4v) is 2.35. The molecule has 1 aromatic heterocycles. The number of benzene rings is 1. The first-order valence-electron chi connectivity index (χ1n) is 9.14. The molecule has 1 N–H and O–H groups in total. The number of ether oxygens (including phenoxy) is 1. The molecule has 0 aliphatic rings.